The Hall–Kier alpha value is -2.38. The van der Waals surface area contributed by atoms with Gasteiger partial charge in [0.1, 0.15) is 6.33 Å². The second-order valence-electron chi connectivity index (χ2n) is 3.09. The van der Waals surface area contributed by atoms with Gasteiger partial charge in [-0.05, 0) is 17.4 Å². The Balaban J connectivity index is 2.44. The summed E-state index contributed by atoms with van der Waals surface area (Å²) < 4.78 is 1.21. The molecule has 0 amide bonds. The summed E-state index contributed by atoms with van der Waals surface area (Å²) in [6.45, 7) is 1.49. The normalized spacial score (nSPS) is 12.3. The molecule has 1 atom stereocenters. The van der Waals surface area contributed by atoms with E-state index < -0.39 is 12.0 Å². The van der Waals surface area contributed by atoms with Gasteiger partial charge in [0.05, 0.1) is 5.56 Å². The number of nitrogens with zero attached hydrogens (tertiary/aromatic N) is 6. The standard InChI is InChI=1S/C8H8N6O2/c1-5(8(15)16)14-7(11-12-13-14)6-2-9-4-10-3-6/h2-5H,1H3,(H,15,16). The molecule has 0 fully saturated rings. The van der Waals surface area contributed by atoms with Gasteiger partial charge in [-0.1, -0.05) is 0 Å². The van der Waals surface area contributed by atoms with Gasteiger partial charge in [0, 0.05) is 12.4 Å². The lowest BCUT2D eigenvalue weighted by Gasteiger charge is -2.07. The second kappa shape index (κ2) is 4.01. The summed E-state index contributed by atoms with van der Waals surface area (Å²) in [5.41, 5.74) is 0.570. The van der Waals surface area contributed by atoms with Crippen LogP contribution in [0.3, 0.4) is 0 Å². The van der Waals surface area contributed by atoms with Crippen molar-refractivity contribution in [2.45, 2.75) is 13.0 Å². The molecule has 16 heavy (non-hydrogen) atoms. The van der Waals surface area contributed by atoms with Crippen LogP contribution in [0.25, 0.3) is 11.4 Å². The summed E-state index contributed by atoms with van der Waals surface area (Å²) in [5.74, 6) is -0.680. The molecule has 0 bridgehead atoms. The Morgan fingerprint density at radius 3 is 2.75 bits per heavy atom. The molecular weight excluding hydrogens is 212 g/mol. The predicted octanol–water partition coefficient (Wildman–Crippen LogP) is -0.224. The molecule has 1 unspecified atom stereocenters. The van der Waals surface area contributed by atoms with Gasteiger partial charge in [0.2, 0.25) is 0 Å². The molecule has 0 aromatic carbocycles. The number of hydrogen-bond donors (Lipinski definition) is 1. The van der Waals surface area contributed by atoms with E-state index >= 15 is 0 Å². The molecule has 2 heterocycles. The highest BCUT2D eigenvalue weighted by Crippen LogP contribution is 2.16. The molecule has 82 valence electrons. The highest BCUT2D eigenvalue weighted by atomic mass is 16.4. The summed E-state index contributed by atoms with van der Waals surface area (Å²) in [7, 11) is 0. The van der Waals surface area contributed by atoms with Crippen LogP contribution >= 0.6 is 0 Å². The topological polar surface area (TPSA) is 107 Å². The number of carbonyl (C=O) groups is 1. The van der Waals surface area contributed by atoms with Crippen LogP contribution in [0.5, 0.6) is 0 Å². The molecule has 2 rings (SSSR count). The van der Waals surface area contributed by atoms with Crippen molar-refractivity contribution in [3.63, 3.8) is 0 Å². The van der Waals surface area contributed by atoms with E-state index in [2.05, 4.69) is 25.5 Å². The van der Waals surface area contributed by atoms with E-state index in [1.54, 1.807) is 0 Å². The van der Waals surface area contributed by atoms with Crippen molar-refractivity contribution in [2.75, 3.05) is 0 Å². The second-order valence-corrected chi connectivity index (χ2v) is 3.09. The van der Waals surface area contributed by atoms with Crippen molar-refractivity contribution in [1.29, 1.82) is 0 Å². The van der Waals surface area contributed by atoms with Gasteiger partial charge in [0.15, 0.2) is 11.9 Å². The molecule has 8 nitrogen and oxygen atoms in total. The van der Waals surface area contributed by atoms with Crippen LogP contribution in [0, 0.1) is 0 Å². The molecule has 2 aromatic heterocycles. The Kier molecular flexibility index (Phi) is 2.54. The van der Waals surface area contributed by atoms with E-state index in [0.717, 1.165) is 0 Å². The van der Waals surface area contributed by atoms with E-state index in [1.807, 2.05) is 0 Å². The van der Waals surface area contributed by atoms with Crippen molar-refractivity contribution in [2.24, 2.45) is 0 Å². The number of aliphatic carboxylic acids is 1. The van der Waals surface area contributed by atoms with Gasteiger partial charge in [-0.3, -0.25) is 0 Å². The monoisotopic (exact) mass is 220 g/mol. The summed E-state index contributed by atoms with van der Waals surface area (Å²) in [6.07, 6.45) is 4.41. The summed E-state index contributed by atoms with van der Waals surface area (Å²) in [6, 6.07) is -0.842. The predicted molar refractivity (Wildman–Crippen MR) is 51.2 cm³/mol. The quantitative estimate of drug-likeness (QED) is 0.761. The van der Waals surface area contributed by atoms with Crippen LogP contribution in [-0.2, 0) is 4.79 Å². The average Bonchev–Trinajstić information content (AvgIpc) is 2.77. The zero-order valence-electron chi connectivity index (χ0n) is 8.35. The van der Waals surface area contributed by atoms with Crippen molar-refractivity contribution in [3.05, 3.63) is 18.7 Å². The maximum atomic E-state index is 10.8. The van der Waals surface area contributed by atoms with Crippen LogP contribution in [0.15, 0.2) is 18.7 Å². The fourth-order valence-electron chi connectivity index (χ4n) is 1.16. The molecule has 8 heteroatoms. The number of carboxylic acids is 1. The maximum Gasteiger partial charge on any atom is 0.328 e. The van der Waals surface area contributed by atoms with Gasteiger partial charge < -0.3 is 5.11 Å². The highest BCUT2D eigenvalue weighted by molar-refractivity contribution is 5.72. The third kappa shape index (κ3) is 1.72. The molecule has 0 radical (unpaired) electrons. The molecular formula is C8H8N6O2. The molecule has 0 aliphatic carbocycles. The lowest BCUT2D eigenvalue weighted by molar-refractivity contribution is -0.140. The minimum atomic E-state index is -1.01. The summed E-state index contributed by atoms with van der Waals surface area (Å²) >= 11 is 0. The van der Waals surface area contributed by atoms with Crippen LogP contribution in [0.1, 0.15) is 13.0 Å². The van der Waals surface area contributed by atoms with Crippen molar-refractivity contribution in [1.82, 2.24) is 30.2 Å². The molecule has 0 saturated heterocycles. The molecule has 0 saturated carbocycles. The first kappa shape index (κ1) is 10.1. The fraction of sp³-hybridized carbons (Fsp3) is 0.250. The van der Waals surface area contributed by atoms with E-state index in [-0.39, 0.29) is 0 Å². The van der Waals surface area contributed by atoms with Gasteiger partial charge in [-0.25, -0.2) is 19.4 Å². The summed E-state index contributed by atoms with van der Waals surface area (Å²) in [4.78, 5) is 18.5. The highest BCUT2D eigenvalue weighted by Gasteiger charge is 2.20. The fourth-order valence-corrected chi connectivity index (χ4v) is 1.16. The SMILES string of the molecule is CC(C(=O)O)n1nnnc1-c1cncnc1. The van der Waals surface area contributed by atoms with Crippen molar-refractivity contribution in [3.8, 4) is 11.4 Å². The van der Waals surface area contributed by atoms with Crippen LogP contribution < -0.4 is 0 Å². The number of rotatable bonds is 3. The third-order valence-corrected chi connectivity index (χ3v) is 2.04. The molecule has 0 aliphatic rings. The van der Waals surface area contributed by atoms with Crippen molar-refractivity contribution < 1.29 is 9.90 Å². The van der Waals surface area contributed by atoms with Crippen LogP contribution in [0.2, 0.25) is 0 Å². The smallest absolute Gasteiger partial charge is 0.328 e. The van der Waals surface area contributed by atoms with Gasteiger partial charge in [-0.2, -0.15) is 0 Å². The molecule has 0 aliphatic heterocycles. The first-order valence-corrected chi connectivity index (χ1v) is 4.46. The van der Waals surface area contributed by atoms with Crippen LogP contribution in [-0.4, -0.2) is 41.3 Å². The van der Waals surface area contributed by atoms with E-state index in [9.17, 15) is 4.79 Å². The van der Waals surface area contributed by atoms with Gasteiger partial charge >= 0.3 is 5.97 Å². The largest absolute Gasteiger partial charge is 0.480 e. The number of carboxylic acid groups (broad SMARTS) is 1. The Labute approximate surface area is 90.0 Å². The molecule has 2 aromatic rings. The van der Waals surface area contributed by atoms with Gasteiger partial charge in [-0.15, -0.1) is 5.10 Å². The number of aromatic nitrogens is 6. The first-order chi connectivity index (χ1) is 7.70. The maximum absolute atomic E-state index is 10.8. The van der Waals surface area contributed by atoms with E-state index in [4.69, 9.17) is 5.11 Å². The summed E-state index contributed by atoms with van der Waals surface area (Å²) in [5, 5.41) is 19.7. The van der Waals surface area contributed by atoms with E-state index in [1.165, 1.54) is 30.3 Å². The Morgan fingerprint density at radius 2 is 2.12 bits per heavy atom. The van der Waals surface area contributed by atoms with Crippen molar-refractivity contribution >= 4 is 5.97 Å². The minimum absolute atomic E-state index is 0.329. The zero-order valence-corrected chi connectivity index (χ0v) is 8.35. The average molecular weight is 220 g/mol. The third-order valence-electron chi connectivity index (χ3n) is 2.04. The lowest BCUT2D eigenvalue weighted by Crippen LogP contribution is -2.18. The minimum Gasteiger partial charge on any atom is -0.480 e. The number of tetrazole rings is 1. The van der Waals surface area contributed by atoms with Gasteiger partial charge in [0.25, 0.3) is 0 Å². The Morgan fingerprint density at radius 1 is 1.44 bits per heavy atom. The number of hydrogen-bond acceptors (Lipinski definition) is 6. The van der Waals surface area contributed by atoms with Crippen LogP contribution in [0.4, 0.5) is 0 Å². The van der Waals surface area contributed by atoms with E-state index in [0.29, 0.717) is 11.4 Å². The zero-order chi connectivity index (χ0) is 11.5. The first-order valence-electron chi connectivity index (χ1n) is 4.46. The lowest BCUT2D eigenvalue weighted by atomic mass is 10.3. The Bertz CT molecular complexity index is 496. The molecule has 1 N–H and O–H groups in total. The molecule has 0 spiro atoms.